The third-order valence-corrected chi connectivity index (χ3v) is 3.15. The van der Waals surface area contributed by atoms with Gasteiger partial charge in [-0.3, -0.25) is 0 Å². The van der Waals surface area contributed by atoms with Gasteiger partial charge < -0.3 is 0 Å². The van der Waals surface area contributed by atoms with Crippen LogP contribution in [-0.2, 0) is 0 Å². The number of hydrogen-bond donors (Lipinski definition) is 0. The molecule has 78 valence electrons. The molecule has 0 heterocycles. The van der Waals surface area contributed by atoms with E-state index in [1.165, 1.54) is 19.3 Å². The zero-order valence-corrected chi connectivity index (χ0v) is 10.3. The van der Waals surface area contributed by atoms with Crippen LogP contribution < -0.4 is 0 Å². The van der Waals surface area contributed by atoms with Crippen LogP contribution >= 0.6 is 0 Å². The summed E-state index contributed by atoms with van der Waals surface area (Å²) in [6, 6.07) is 0. The van der Waals surface area contributed by atoms with Crippen LogP contribution in [0.15, 0.2) is 11.6 Å². The van der Waals surface area contributed by atoms with Crippen molar-refractivity contribution in [3.63, 3.8) is 0 Å². The molecule has 0 rings (SSSR count). The number of hydrogen-bond acceptors (Lipinski definition) is 0. The third kappa shape index (κ3) is 3.97. The SMILES string of the molecule is CC=C(CC)C(C)(C)CC(C)CC. The molecule has 0 aromatic carbocycles. The van der Waals surface area contributed by atoms with Crippen LogP contribution in [0.25, 0.3) is 0 Å². The maximum atomic E-state index is 2.37. The molecule has 1 unspecified atom stereocenters. The molecular weight excluding hydrogens is 156 g/mol. The third-order valence-electron chi connectivity index (χ3n) is 3.15. The smallest absolute Gasteiger partial charge is 0.0142 e. The van der Waals surface area contributed by atoms with Crippen molar-refractivity contribution in [3.05, 3.63) is 11.6 Å². The van der Waals surface area contributed by atoms with Gasteiger partial charge in [0, 0.05) is 0 Å². The fourth-order valence-corrected chi connectivity index (χ4v) is 2.22. The van der Waals surface area contributed by atoms with Crippen LogP contribution in [0.2, 0.25) is 0 Å². The first-order valence-corrected chi connectivity index (χ1v) is 5.63. The number of rotatable bonds is 5. The summed E-state index contributed by atoms with van der Waals surface area (Å²) in [6.07, 6.45) is 6.10. The zero-order valence-electron chi connectivity index (χ0n) is 10.3. The number of allylic oxidation sites excluding steroid dienone is 2. The molecule has 0 heteroatoms. The summed E-state index contributed by atoms with van der Waals surface area (Å²) < 4.78 is 0. The second kappa shape index (κ2) is 5.47. The van der Waals surface area contributed by atoms with Gasteiger partial charge in [0.1, 0.15) is 0 Å². The predicted octanol–water partition coefficient (Wildman–Crippen LogP) is 4.81. The van der Waals surface area contributed by atoms with E-state index in [-0.39, 0.29) is 0 Å². The zero-order chi connectivity index (χ0) is 10.5. The Labute approximate surface area is 84.4 Å². The van der Waals surface area contributed by atoms with Gasteiger partial charge in [-0.2, -0.15) is 0 Å². The highest BCUT2D eigenvalue weighted by molar-refractivity contribution is 5.10. The van der Waals surface area contributed by atoms with Crippen molar-refractivity contribution < 1.29 is 0 Å². The summed E-state index contributed by atoms with van der Waals surface area (Å²) in [5.41, 5.74) is 2.01. The van der Waals surface area contributed by atoms with E-state index in [0.717, 1.165) is 5.92 Å². The normalized spacial score (nSPS) is 16.0. The van der Waals surface area contributed by atoms with E-state index in [2.05, 4.69) is 47.6 Å². The van der Waals surface area contributed by atoms with Gasteiger partial charge in [0.25, 0.3) is 0 Å². The van der Waals surface area contributed by atoms with Gasteiger partial charge in [-0.25, -0.2) is 0 Å². The fraction of sp³-hybridized carbons (Fsp3) is 0.846. The van der Waals surface area contributed by atoms with Crippen LogP contribution in [0.3, 0.4) is 0 Å². The van der Waals surface area contributed by atoms with Gasteiger partial charge in [-0.1, -0.05) is 52.7 Å². The van der Waals surface area contributed by atoms with Crippen LogP contribution in [0.5, 0.6) is 0 Å². The van der Waals surface area contributed by atoms with Gasteiger partial charge in [0.05, 0.1) is 0 Å². The maximum absolute atomic E-state index is 2.37. The molecule has 0 bridgehead atoms. The minimum absolute atomic E-state index is 0.402. The van der Waals surface area contributed by atoms with Gasteiger partial charge in [-0.05, 0) is 31.1 Å². The summed E-state index contributed by atoms with van der Waals surface area (Å²) in [4.78, 5) is 0. The summed E-state index contributed by atoms with van der Waals surface area (Å²) in [5.74, 6) is 0.844. The Morgan fingerprint density at radius 1 is 1.31 bits per heavy atom. The Morgan fingerprint density at radius 2 is 1.85 bits per heavy atom. The summed E-state index contributed by atoms with van der Waals surface area (Å²) in [7, 11) is 0. The standard InChI is InChI=1S/C13H26/c1-7-11(4)10-13(5,6)12(8-2)9-3/h8,11H,7,9-10H2,1-6H3. The summed E-state index contributed by atoms with van der Waals surface area (Å²) >= 11 is 0. The molecule has 0 spiro atoms. The van der Waals surface area contributed by atoms with E-state index >= 15 is 0 Å². The lowest BCUT2D eigenvalue weighted by Gasteiger charge is -2.30. The quantitative estimate of drug-likeness (QED) is 0.535. The maximum Gasteiger partial charge on any atom is -0.0142 e. The second-order valence-electron chi connectivity index (χ2n) is 4.77. The van der Waals surface area contributed by atoms with Gasteiger partial charge in [-0.15, -0.1) is 0 Å². The van der Waals surface area contributed by atoms with E-state index in [1.54, 1.807) is 5.57 Å². The first-order chi connectivity index (χ1) is 5.97. The highest BCUT2D eigenvalue weighted by Crippen LogP contribution is 2.35. The Bertz CT molecular complexity index is 163. The van der Waals surface area contributed by atoms with Crippen molar-refractivity contribution in [1.29, 1.82) is 0 Å². The minimum Gasteiger partial charge on any atom is -0.0879 e. The minimum atomic E-state index is 0.402. The average molecular weight is 182 g/mol. The molecule has 0 radical (unpaired) electrons. The molecule has 0 fully saturated rings. The second-order valence-corrected chi connectivity index (χ2v) is 4.77. The Kier molecular flexibility index (Phi) is 5.36. The molecule has 0 amide bonds. The van der Waals surface area contributed by atoms with E-state index in [0.29, 0.717) is 5.41 Å². The van der Waals surface area contributed by atoms with Crippen molar-refractivity contribution in [2.45, 2.75) is 60.8 Å². The lowest BCUT2D eigenvalue weighted by Crippen LogP contribution is -2.18. The van der Waals surface area contributed by atoms with Crippen molar-refractivity contribution in [2.24, 2.45) is 11.3 Å². The summed E-state index contributed by atoms with van der Waals surface area (Å²) in [5, 5.41) is 0. The van der Waals surface area contributed by atoms with E-state index in [1.807, 2.05) is 0 Å². The molecule has 0 saturated carbocycles. The van der Waals surface area contributed by atoms with Crippen molar-refractivity contribution in [1.82, 2.24) is 0 Å². The molecule has 13 heavy (non-hydrogen) atoms. The van der Waals surface area contributed by atoms with Crippen molar-refractivity contribution in [2.75, 3.05) is 0 Å². The van der Waals surface area contributed by atoms with Gasteiger partial charge >= 0.3 is 0 Å². The van der Waals surface area contributed by atoms with Crippen LogP contribution in [0.4, 0.5) is 0 Å². The predicted molar refractivity (Wildman–Crippen MR) is 61.9 cm³/mol. The van der Waals surface area contributed by atoms with Crippen molar-refractivity contribution >= 4 is 0 Å². The first kappa shape index (κ1) is 12.7. The van der Waals surface area contributed by atoms with E-state index in [9.17, 15) is 0 Å². The largest absolute Gasteiger partial charge is 0.0879 e. The molecule has 1 atom stereocenters. The highest BCUT2D eigenvalue weighted by Gasteiger charge is 2.23. The summed E-state index contributed by atoms with van der Waals surface area (Å²) in [6.45, 7) is 13.8. The fourth-order valence-electron chi connectivity index (χ4n) is 2.22. The molecule has 0 aliphatic carbocycles. The first-order valence-electron chi connectivity index (χ1n) is 5.63. The Balaban J connectivity index is 4.37. The van der Waals surface area contributed by atoms with Gasteiger partial charge in [0.2, 0.25) is 0 Å². The average Bonchev–Trinajstić information content (AvgIpc) is 2.05. The van der Waals surface area contributed by atoms with E-state index < -0.39 is 0 Å². The van der Waals surface area contributed by atoms with E-state index in [4.69, 9.17) is 0 Å². The monoisotopic (exact) mass is 182 g/mol. The van der Waals surface area contributed by atoms with Crippen LogP contribution in [0.1, 0.15) is 60.8 Å². The lowest BCUT2D eigenvalue weighted by atomic mass is 9.75. The molecule has 0 aliphatic heterocycles. The Hall–Kier alpha value is -0.260. The molecule has 0 N–H and O–H groups in total. The van der Waals surface area contributed by atoms with Crippen molar-refractivity contribution in [3.8, 4) is 0 Å². The topological polar surface area (TPSA) is 0 Å². The molecule has 0 aromatic heterocycles. The molecule has 0 aliphatic rings. The lowest BCUT2D eigenvalue weighted by molar-refractivity contribution is 0.317. The highest BCUT2D eigenvalue weighted by atomic mass is 14.3. The molecule has 0 saturated heterocycles. The molecular formula is C13H26. The Morgan fingerprint density at radius 3 is 2.15 bits per heavy atom. The molecule has 0 aromatic rings. The van der Waals surface area contributed by atoms with Crippen LogP contribution in [0, 0.1) is 11.3 Å². The van der Waals surface area contributed by atoms with Gasteiger partial charge in [0.15, 0.2) is 0 Å². The van der Waals surface area contributed by atoms with Crippen LogP contribution in [-0.4, -0.2) is 0 Å². The molecule has 0 nitrogen and oxygen atoms in total.